The molecule has 0 aromatic heterocycles. The maximum absolute atomic E-state index is 8.91. The van der Waals surface area contributed by atoms with Crippen molar-refractivity contribution in [2.45, 2.75) is 0 Å². The minimum absolute atomic E-state index is 0.602. The van der Waals surface area contributed by atoms with Crippen LogP contribution in [0.15, 0.2) is 84.9 Å². The molecule has 0 fully saturated rings. The molecule has 0 unspecified atom stereocenters. The molecule has 23 heavy (non-hydrogen) atoms. The Kier molecular flexibility index (Phi) is 4.57. The third-order valence-electron chi connectivity index (χ3n) is 3.41. The smallest absolute Gasteiger partial charge is 0.171 e. The molecule has 112 valence electrons. The van der Waals surface area contributed by atoms with E-state index >= 15 is 0 Å². The van der Waals surface area contributed by atoms with Crippen molar-refractivity contribution in [1.29, 1.82) is 5.26 Å². The molecule has 2 nitrogen and oxygen atoms in total. The van der Waals surface area contributed by atoms with Crippen molar-refractivity contribution >= 4 is 28.7 Å². The molecule has 0 atom stereocenters. The summed E-state index contributed by atoms with van der Waals surface area (Å²) in [5.41, 5.74) is 0.602. The summed E-state index contributed by atoms with van der Waals surface area (Å²) in [6.45, 7) is 0. The van der Waals surface area contributed by atoms with Crippen LogP contribution in [0.25, 0.3) is 0 Å². The van der Waals surface area contributed by atoms with Crippen LogP contribution in [0, 0.1) is 11.3 Å². The van der Waals surface area contributed by atoms with Gasteiger partial charge in [-0.15, -0.1) is 0 Å². The van der Waals surface area contributed by atoms with Crippen LogP contribution in [0.1, 0.15) is 5.56 Å². The second-order valence-electron chi connectivity index (χ2n) is 4.95. The fourth-order valence-corrected chi connectivity index (χ4v) is 5.29. The van der Waals surface area contributed by atoms with E-state index in [1.54, 1.807) is 24.3 Å². The van der Waals surface area contributed by atoms with Gasteiger partial charge in [-0.05, 0) is 36.1 Å². The molecule has 0 aliphatic heterocycles. The van der Waals surface area contributed by atoms with Crippen molar-refractivity contribution in [2.24, 2.45) is 0 Å². The van der Waals surface area contributed by atoms with E-state index in [9.17, 15) is 0 Å². The molecule has 0 spiro atoms. The number of rotatable bonds is 4. The monoisotopic (exact) mass is 335 g/mol. The Balaban J connectivity index is 2.06. The zero-order chi connectivity index (χ0) is 16.1. The Morgan fingerprint density at radius 3 is 1.65 bits per heavy atom. The van der Waals surface area contributed by atoms with Gasteiger partial charge in [0.15, 0.2) is 6.26 Å². The van der Waals surface area contributed by atoms with Crippen LogP contribution in [-0.2, 0) is 11.8 Å². The molecule has 3 aromatic rings. The minimum atomic E-state index is -2.42. The summed E-state index contributed by atoms with van der Waals surface area (Å²) in [6, 6.07) is 29.1. The first-order valence-electron chi connectivity index (χ1n) is 7.13. The van der Waals surface area contributed by atoms with Crippen molar-refractivity contribution in [3.8, 4) is 11.8 Å². The number of nitriles is 1. The standard InChI is InChI=1S/C19H14NOPS/c20-15-16-11-13-17(14-12-16)21-22(23,18-7-3-1-4-8-18)19-9-5-2-6-10-19/h1-14H. The SMILES string of the molecule is N#Cc1ccc(OP(=S)(c2ccccc2)c2ccccc2)cc1. The molecule has 4 heteroatoms. The molecular weight excluding hydrogens is 321 g/mol. The van der Waals surface area contributed by atoms with Gasteiger partial charge >= 0.3 is 0 Å². The van der Waals surface area contributed by atoms with Crippen molar-refractivity contribution < 1.29 is 4.52 Å². The van der Waals surface area contributed by atoms with Crippen LogP contribution in [0.4, 0.5) is 0 Å². The number of hydrogen-bond donors (Lipinski definition) is 0. The van der Waals surface area contributed by atoms with E-state index in [1.807, 2.05) is 60.7 Å². The zero-order valence-electron chi connectivity index (χ0n) is 12.3. The first kappa shape index (κ1) is 15.5. The van der Waals surface area contributed by atoms with Gasteiger partial charge in [0.05, 0.1) is 11.6 Å². The third kappa shape index (κ3) is 3.35. The van der Waals surface area contributed by atoms with Crippen molar-refractivity contribution in [3.05, 3.63) is 90.5 Å². The second-order valence-corrected chi connectivity index (χ2v) is 8.81. The van der Waals surface area contributed by atoms with E-state index < -0.39 is 6.26 Å². The van der Waals surface area contributed by atoms with Gasteiger partial charge in [0.2, 0.25) is 0 Å². The van der Waals surface area contributed by atoms with Gasteiger partial charge in [0.1, 0.15) is 5.75 Å². The Labute approximate surface area is 141 Å². The van der Waals surface area contributed by atoms with E-state index in [2.05, 4.69) is 6.07 Å². The van der Waals surface area contributed by atoms with Gasteiger partial charge < -0.3 is 4.52 Å². The Morgan fingerprint density at radius 1 is 0.739 bits per heavy atom. The van der Waals surface area contributed by atoms with Gasteiger partial charge in [-0.25, -0.2) is 0 Å². The first-order chi connectivity index (χ1) is 11.2. The van der Waals surface area contributed by atoms with E-state index in [-0.39, 0.29) is 0 Å². The lowest BCUT2D eigenvalue weighted by Crippen LogP contribution is -2.19. The number of benzene rings is 3. The van der Waals surface area contributed by atoms with Crippen LogP contribution < -0.4 is 15.1 Å². The normalized spacial score (nSPS) is 10.7. The second kappa shape index (κ2) is 6.79. The number of hydrogen-bond acceptors (Lipinski definition) is 3. The lowest BCUT2D eigenvalue weighted by molar-refractivity contribution is 0.628. The van der Waals surface area contributed by atoms with Crippen molar-refractivity contribution in [3.63, 3.8) is 0 Å². The lowest BCUT2D eigenvalue weighted by Gasteiger charge is -2.24. The van der Waals surface area contributed by atoms with Crippen LogP contribution in [-0.4, -0.2) is 0 Å². The Bertz CT molecular complexity index is 827. The first-order valence-corrected chi connectivity index (χ1v) is 9.85. The molecule has 0 radical (unpaired) electrons. The average molecular weight is 335 g/mol. The Hall–Kier alpha value is -2.40. The fraction of sp³-hybridized carbons (Fsp3) is 0. The lowest BCUT2D eigenvalue weighted by atomic mass is 10.2. The summed E-state index contributed by atoms with van der Waals surface area (Å²) in [5.74, 6) is 0.681. The van der Waals surface area contributed by atoms with Gasteiger partial charge in [0, 0.05) is 10.6 Å². The summed E-state index contributed by atoms with van der Waals surface area (Å²) in [6.07, 6.45) is -2.42. The highest BCUT2D eigenvalue weighted by atomic mass is 32.4. The van der Waals surface area contributed by atoms with Gasteiger partial charge in [0.25, 0.3) is 0 Å². The highest BCUT2D eigenvalue weighted by molar-refractivity contribution is 8.19. The molecule has 3 aromatic carbocycles. The summed E-state index contributed by atoms with van der Waals surface area (Å²) in [7, 11) is 0. The molecule has 0 heterocycles. The summed E-state index contributed by atoms with van der Waals surface area (Å²) in [5, 5.41) is 10.9. The van der Waals surface area contributed by atoms with Crippen LogP contribution in [0.3, 0.4) is 0 Å². The minimum Gasteiger partial charge on any atom is -0.458 e. The van der Waals surface area contributed by atoms with Crippen LogP contribution >= 0.6 is 6.26 Å². The molecule has 0 amide bonds. The highest BCUT2D eigenvalue weighted by Crippen LogP contribution is 2.45. The molecular formula is C19H14NOPS. The quantitative estimate of drug-likeness (QED) is 0.676. The summed E-state index contributed by atoms with van der Waals surface area (Å²) >= 11 is 6.00. The molecule has 0 saturated heterocycles. The van der Waals surface area contributed by atoms with Gasteiger partial charge in [-0.2, -0.15) is 5.26 Å². The van der Waals surface area contributed by atoms with Crippen molar-refractivity contribution in [1.82, 2.24) is 0 Å². The van der Waals surface area contributed by atoms with Gasteiger partial charge in [-0.3, -0.25) is 0 Å². The molecule has 3 rings (SSSR count). The largest absolute Gasteiger partial charge is 0.458 e. The molecule has 0 saturated carbocycles. The van der Waals surface area contributed by atoms with Crippen molar-refractivity contribution in [2.75, 3.05) is 0 Å². The third-order valence-corrected chi connectivity index (χ3v) is 7.32. The number of nitrogens with zero attached hydrogens (tertiary/aromatic N) is 1. The molecule has 0 bridgehead atoms. The highest BCUT2D eigenvalue weighted by Gasteiger charge is 2.24. The topological polar surface area (TPSA) is 33.0 Å². The predicted molar refractivity (Wildman–Crippen MR) is 98.2 cm³/mol. The Morgan fingerprint density at radius 2 is 1.22 bits per heavy atom. The maximum atomic E-state index is 8.91. The maximum Gasteiger partial charge on any atom is 0.171 e. The molecule has 0 aliphatic carbocycles. The van der Waals surface area contributed by atoms with E-state index in [0.717, 1.165) is 10.6 Å². The van der Waals surface area contributed by atoms with Crippen LogP contribution in [0.5, 0.6) is 5.75 Å². The predicted octanol–water partition coefficient (Wildman–Crippen LogP) is 3.98. The zero-order valence-corrected chi connectivity index (χ0v) is 14.0. The molecule has 0 N–H and O–H groups in total. The van der Waals surface area contributed by atoms with E-state index in [0.29, 0.717) is 11.3 Å². The summed E-state index contributed by atoms with van der Waals surface area (Å²) in [4.78, 5) is 0. The van der Waals surface area contributed by atoms with Gasteiger partial charge in [-0.1, -0.05) is 60.7 Å². The fourth-order valence-electron chi connectivity index (χ4n) is 2.24. The molecule has 0 aliphatic rings. The average Bonchev–Trinajstić information content (AvgIpc) is 2.64. The van der Waals surface area contributed by atoms with Crippen LogP contribution in [0.2, 0.25) is 0 Å². The van der Waals surface area contributed by atoms with E-state index in [4.69, 9.17) is 21.6 Å². The van der Waals surface area contributed by atoms with E-state index in [1.165, 1.54) is 0 Å². The summed E-state index contributed by atoms with van der Waals surface area (Å²) < 4.78 is 6.29.